The Bertz CT molecular complexity index is 1050. The SMILES string of the molecule is CCOC(=O)c1sc(NC(=O)C=Cc2cc(Br)c(OC)c(OC)c2)c(C(=O)OCC)c1C. The molecule has 0 bridgehead atoms. The van der Waals surface area contributed by atoms with E-state index in [-0.39, 0.29) is 28.7 Å². The van der Waals surface area contributed by atoms with E-state index in [2.05, 4.69) is 21.2 Å². The first-order valence-corrected chi connectivity index (χ1v) is 11.3. The summed E-state index contributed by atoms with van der Waals surface area (Å²) in [6.07, 6.45) is 2.89. The zero-order valence-corrected chi connectivity index (χ0v) is 20.8. The van der Waals surface area contributed by atoms with Gasteiger partial charge in [0.25, 0.3) is 0 Å². The average Bonchev–Trinajstić information content (AvgIpc) is 3.07. The molecule has 0 aliphatic carbocycles. The van der Waals surface area contributed by atoms with Crippen LogP contribution in [0.1, 0.15) is 45.0 Å². The van der Waals surface area contributed by atoms with Gasteiger partial charge in [-0.15, -0.1) is 11.3 Å². The number of rotatable bonds is 9. The maximum absolute atomic E-state index is 12.6. The second kappa shape index (κ2) is 11.7. The lowest BCUT2D eigenvalue weighted by Gasteiger charge is -2.10. The van der Waals surface area contributed by atoms with Crippen molar-refractivity contribution in [1.29, 1.82) is 0 Å². The molecule has 2 aromatic rings. The molecule has 1 amide bonds. The van der Waals surface area contributed by atoms with E-state index in [9.17, 15) is 14.4 Å². The number of esters is 2. The van der Waals surface area contributed by atoms with Crippen LogP contribution in [0.25, 0.3) is 6.08 Å². The van der Waals surface area contributed by atoms with E-state index in [0.29, 0.717) is 27.1 Å². The molecule has 32 heavy (non-hydrogen) atoms. The number of methoxy groups -OCH3 is 2. The Kier molecular flexibility index (Phi) is 9.27. The van der Waals surface area contributed by atoms with Gasteiger partial charge < -0.3 is 24.3 Å². The molecule has 0 aliphatic rings. The average molecular weight is 526 g/mol. The summed E-state index contributed by atoms with van der Waals surface area (Å²) >= 11 is 4.37. The van der Waals surface area contributed by atoms with Crippen molar-refractivity contribution >= 4 is 56.2 Å². The van der Waals surface area contributed by atoms with Crippen LogP contribution in [0.3, 0.4) is 0 Å². The van der Waals surface area contributed by atoms with Crippen molar-refractivity contribution in [2.45, 2.75) is 20.8 Å². The third-order valence-electron chi connectivity index (χ3n) is 4.21. The Labute approximate surface area is 198 Å². The van der Waals surface area contributed by atoms with E-state index in [4.69, 9.17) is 18.9 Å². The summed E-state index contributed by atoms with van der Waals surface area (Å²) < 4.78 is 21.4. The maximum Gasteiger partial charge on any atom is 0.348 e. The summed E-state index contributed by atoms with van der Waals surface area (Å²) in [7, 11) is 3.04. The second-order valence-corrected chi connectivity index (χ2v) is 8.14. The monoisotopic (exact) mass is 525 g/mol. The number of nitrogens with one attached hydrogen (secondary N) is 1. The van der Waals surface area contributed by atoms with Crippen molar-refractivity contribution in [3.63, 3.8) is 0 Å². The lowest BCUT2D eigenvalue weighted by atomic mass is 10.1. The van der Waals surface area contributed by atoms with Crippen LogP contribution in [-0.2, 0) is 14.3 Å². The zero-order chi connectivity index (χ0) is 23.8. The van der Waals surface area contributed by atoms with Gasteiger partial charge in [0, 0.05) is 6.08 Å². The molecule has 8 nitrogen and oxygen atoms in total. The van der Waals surface area contributed by atoms with Gasteiger partial charge >= 0.3 is 11.9 Å². The Hall–Kier alpha value is -2.85. The fraction of sp³-hybridized carbons (Fsp3) is 0.318. The Morgan fingerprint density at radius 3 is 2.31 bits per heavy atom. The molecule has 0 unspecified atom stereocenters. The van der Waals surface area contributed by atoms with Gasteiger partial charge in [-0.1, -0.05) is 0 Å². The van der Waals surface area contributed by atoms with Crippen LogP contribution >= 0.6 is 27.3 Å². The summed E-state index contributed by atoms with van der Waals surface area (Å²) in [5, 5.41) is 2.88. The summed E-state index contributed by atoms with van der Waals surface area (Å²) in [4.78, 5) is 37.5. The first kappa shape index (κ1) is 25.4. The number of benzene rings is 1. The molecule has 1 heterocycles. The van der Waals surface area contributed by atoms with Gasteiger partial charge in [0.2, 0.25) is 5.91 Å². The molecule has 10 heteroatoms. The lowest BCUT2D eigenvalue weighted by molar-refractivity contribution is -0.111. The molecule has 2 rings (SSSR count). The minimum absolute atomic E-state index is 0.135. The van der Waals surface area contributed by atoms with E-state index in [1.54, 1.807) is 39.0 Å². The van der Waals surface area contributed by atoms with Crippen molar-refractivity contribution in [2.24, 2.45) is 0 Å². The number of hydrogen-bond donors (Lipinski definition) is 1. The van der Waals surface area contributed by atoms with Gasteiger partial charge in [-0.25, -0.2) is 9.59 Å². The van der Waals surface area contributed by atoms with Crippen LogP contribution < -0.4 is 14.8 Å². The smallest absolute Gasteiger partial charge is 0.348 e. The largest absolute Gasteiger partial charge is 0.493 e. The van der Waals surface area contributed by atoms with E-state index in [0.717, 1.165) is 11.3 Å². The lowest BCUT2D eigenvalue weighted by Crippen LogP contribution is -2.13. The minimum Gasteiger partial charge on any atom is -0.493 e. The van der Waals surface area contributed by atoms with Gasteiger partial charge in [0.1, 0.15) is 9.88 Å². The molecule has 1 aromatic heterocycles. The van der Waals surface area contributed by atoms with E-state index in [1.807, 2.05) is 0 Å². The third-order valence-corrected chi connectivity index (χ3v) is 5.98. The quantitative estimate of drug-likeness (QED) is 0.369. The predicted molar refractivity (Wildman–Crippen MR) is 126 cm³/mol. The number of ether oxygens (including phenoxy) is 4. The molecule has 0 saturated carbocycles. The van der Waals surface area contributed by atoms with Gasteiger partial charge in [-0.2, -0.15) is 0 Å². The first-order chi connectivity index (χ1) is 15.3. The highest BCUT2D eigenvalue weighted by Gasteiger charge is 2.27. The molecular weight excluding hydrogens is 502 g/mol. The topological polar surface area (TPSA) is 100 Å². The van der Waals surface area contributed by atoms with Crippen molar-refractivity contribution < 1.29 is 33.3 Å². The molecule has 0 radical (unpaired) electrons. The molecule has 0 fully saturated rings. The molecule has 0 spiro atoms. The fourth-order valence-electron chi connectivity index (χ4n) is 2.80. The normalized spacial score (nSPS) is 10.7. The summed E-state index contributed by atoms with van der Waals surface area (Å²) in [5.74, 6) is -0.641. The minimum atomic E-state index is -0.625. The van der Waals surface area contributed by atoms with E-state index >= 15 is 0 Å². The third kappa shape index (κ3) is 5.89. The van der Waals surface area contributed by atoms with Crippen LogP contribution in [-0.4, -0.2) is 45.3 Å². The van der Waals surface area contributed by atoms with Crippen molar-refractivity contribution in [3.8, 4) is 11.5 Å². The number of anilines is 1. The Balaban J connectivity index is 2.32. The molecular formula is C22H24BrNO7S. The Morgan fingerprint density at radius 2 is 1.72 bits per heavy atom. The highest BCUT2D eigenvalue weighted by atomic mass is 79.9. The molecule has 1 aromatic carbocycles. The highest BCUT2D eigenvalue weighted by molar-refractivity contribution is 9.10. The summed E-state index contributed by atoms with van der Waals surface area (Å²) in [5.41, 5.74) is 1.22. The standard InChI is InChI=1S/C22H24BrNO7S/c1-6-30-21(26)17-12(3)19(22(27)31-7-2)32-20(17)24-16(25)9-8-13-10-14(23)18(29-5)15(11-13)28-4/h8-11H,6-7H2,1-5H3,(H,24,25). The van der Waals surface area contributed by atoms with Crippen LogP contribution in [0.2, 0.25) is 0 Å². The highest BCUT2D eigenvalue weighted by Crippen LogP contribution is 2.37. The maximum atomic E-state index is 12.6. The molecule has 1 N–H and O–H groups in total. The number of carbonyl (C=O) groups is 3. The number of amides is 1. The van der Waals surface area contributed by atoms with Crippen molar-refractivity contribution in [3.05, 3.63) is 44.2 Å². The van der Waals surface area contributed by atoms with Crippen LogP contribution in [0, 0.1) is 6.92 Å². The summed E-state index contributed by atoms with van der Waals surface area (Å²) in [6.45, 7) is 5.32. The molecule has 0 saturated heterocycles. The van der Waals surface area contributed by atoms with Gasteiger partial charge in [0.05, 0.1) is 37.5 Å². The van der Waals surface area contributed by atoms with E-state index in [1.165, 1.54) is 20.3 Å². The zero-order valence-electron chi connectivity index (χ0n) is 18.4. The van der Waals surface area contributed by atoms with Gasteiger partial charge in [-0.3, -0.25) is 4.79 Å². The van der Waals surface area contributed by atoms with Crippen LogP contribution in [0.5, 0.6) is 11.5 Å². The summed E-state index contributed by atoms with van der Waals surface area (Å²) in [6, 6.07) is 3.48. The Morgan fingerprint density at radius 1 is 1.06 bits per heavy atom. The second-order valence-electron chi connectivity index (χ2n) is 6.26. The van der Waals surface area contributed by atoms with Crippen molar-refractivity contribution in [1.82, 2.24) is 0 Å². The molecule has 0 atom stereocenters. The van der Waals surface area contributed by atoms with Crippen molar-refractivity contribution in [2.75, 3.05) is 32.8 Å². The number of carbonyl (C=O) groups excluding carboxylic acids is 3. The number of halogens is 1. The van der Waals surface area contributed by atoms with Crippen LogP contribution in [0.4, 0.5) is 5.00 Å². The number of thiophene rings is 1. The predicted octanol–water partition coefficient (Wildman–Crippen LogP) is 4.84. The van der Waals surface area contributed by atoms with Crippen LogP contribution in [0.15, 0.2) is 22.7 Å². The fourth-order valence-corrected chi connectivity index (χ4v) is 4.51. The molecule has 0 aliphatic heterocycles. The first-order valence-electron chi connectivity index (χ1n) is 9.65. The van der Waals surface area contributed by atoms with E-state index < -0.39 is 17.8 Å². The van der Waals surface area contributed by atoms with Gasteiger partial charge in [-0.05, 0) is 66.0 Å². The number of hydrogen-bond acceptors (Lipinski definition) is 8. The van der Waals surface area contributed by atoms with Gasteiger partial charge in [0.15, 0.2) is 11.5 Å². The molecule has 172 valence electrons.